The molecule has 1 aliphatic heterocycles. The van der Waals surface area contributed by atoms with Crippen molar-refractivity contribution in [2.24, 2.45) is 5.73 Å². The van der Waals surface area contributed by atoms with Crippen LogP contribution in [-0.4, -0.2) is 50.8 Å². The topological polar surface area (TPSA) is 72.6 Å². The fourth-order valence-electron chi connectivity index (χ4n) is 1.90. The second kappa shape index (κ2) is 6.54. The van der Waals surface area contributed by atoms with Gasteiger partial charge in [-0.1, -0.05) is 6.92 Å². The molecule has 0 aliphatic carbocycles. The Morgan fingerprint density at radius 1 is 1.38 bits per heavy atom. The smallest absolute Gasteiger partial charge is 0.214 e. The molecule has 0 aromatic carbocycles. The van der Waals surface area contributed by atoms with Crippen molar-refractivity contribution < 1.29 is 13.2 Å². The lowest BCUT2D eigenvalue weighted by atomic mass is 10.1. The summed E-state index contributed by atoms with van der Waals surface area (Å²) in [5, 5.41) is 0. The molecular weight excluding hydrogens is 228 g/mol. The third-order valence-corrected chi connectivity index (χ3v) is 4.80. The van der Waals surface area contributed by atoms with E-state index < -0.39 is 10.0 Å². The number of hydrogen-bond donors (Lipinski definition) is 1. The zero-order chi connectivity index (χ0) is 12.0. The van der Waals surface area contributed by atoms with Crippen molar-refractivity contribution in [3.8, 4) is 0 Å². The van der Waals surface area contributed by atoms with E-state index in [2.05, 4.69) is 0 Å². The summed E-state index contributed by atoms with van der Waals surface area (Å²) in [6.07, 6.45) is 2.41. The summed E-state index contributed by atoms with van der Waals surface area (Å²) in [6.45, 7) is 4.13. The van der Waals surface area contributed by atoms with Gasteiger partial charge in [-0.2, -0.15) is 0 Å². The maximum absolute atomic E-state index is 11.8. The molecule has 0 radical (unpaired) electrons. The van der Waals surface area contributed by atoms with Gasteiger partial charge in [-0.05, 0) is 19.3 Å². The molecule has 0 bridgehead atoms. The molecule has 0 saturated carbocycles. The van der Waals surface area contributed by atoms with Gasteiger partial charge < -0.3 is 10.5 Å². The number of hydrogen-bond acceptors (Lipinski definition) is 4. The SMILES string of the molecule is CCCS(=O)(=O)N1CCC(OCCN)CC1. The number of sulfonamides is 1. The van der Waals surface area contributed by atoms with Crippen LogP contribution in [0.3, 0.4) is 0 Å². The van der Waals surface area contributed by atoms with Crippen LogP contribution in [0.15, 0.2) is 0 Å². The monoisotopic (exact) mass is 250 g/mol. The number of nitrogens with two attached hydrogens (primary N) is 1. The maximum Gasteiger partial charge on any atom is 0.214 e. The van der Waals surface area contributed by atoms with Crippen molar-refractivity contribution in [1.82, 2.24) is 4.31 Å². The summed E-state index contributed by atoms with van der Waals surface area (Å²) < 4.78 is 30.6. The van der Waals surface area contributed by atoms with E-state index in [4.69, 9.17) is 10.5 Å². The molecule has 0 spiro atoms. The standard InChI is InChI=1S/C10H22N2O3S/c1-2-9-16(13,14)12-6-3-10(4-7-12)15-8-5-11/h10H,2-9,11H2,1H3. The minimum Gasteiger partial charge on any atom is -0.377 e. The molecule has 0 unspecified atom stereocenters. The van der Waals surface area contributed by atoms with Crippen molar-refractivity contribution in [3.63, 3.8) is 0 Å². The first-order valence-electron chi connectivity index (χ1n) is 5.89. The summed E-state index contributed by atoms with van der Waals surface area (Å²) in [7, 11) is -3.02. The average molecular weight is 250 g/mol. The molecule has 1 saturated heterocycles. The highest BCUT2D eigenvalue weighted by Gasteiger charge is 2.27. The first kappa shape index (κ1) is 13.9. The van der Waals surface area contributed by atoms with Gasteiger partial charge in [0, 0.05) is 19.6 Å². The molecule has 1 aliphatic rings. The first-order valence-corrected chi connectivity index (χ1v) is 7.50. The predicted octanol–water partition coefficient (Wildman–Crippen LogP) is 0.166. The largest absolute Gasteiger partial charge is 0.377 e. The van der Waals surface area contributed by atoms with Gasteiger partial charge in [0.05, 0.1) is 18.5 Å². The van der Waals surface area contributed by atoms with E-state index in [1.54, 1.807) is 4.31 Å². The number of piperidine rings is 1. The Labute approximate surface area is 98.0 Å². The molecule has 5 nitrogen and oxygen atoms in total. The van der Waals surface area contributed by atoms with Gasteiger partial charge in [-0.15, -0.1) is 0 Å². The minimum atomic E-state index is -3.02. The Balaban J connectivity index is 2.37. The van der Waals surface area contributed by atoms with Gasteiger partial charge in [0.1, 0.15) is 0 Å². The molecule has 1 heterocycles. The van der Waals surface area contributed by atoms with Gasteiger partial charge in [-0.25, -0.2) is 12.7 Å². The van der Waals surface area contributed by atoms with Crippen LogP contribution >= 0.6 is 0 Å². The quantitative estimate of drug-likeness (QED) is 0.729. The molecule has 2 N–H and O–H groups in total. The van der Waals surface area contributed by atoms with Crippen molar-refractivity contribution >= 4 is 10.0 Å². The molecule has 16 heavy (non-hydrogen) atoms. The number of nitrogens with zero attached hydrogens (tertiary/aromatic N) is 1. The first-order chi connectivity index (χ1) is 7.60. The van der Waals surface area contributed by atoms with Crippen LogP contribution in [0, 0.1) is 0 Å². The summed E-state index contributed by atoms with van der Waals surface area (Å²) in [5.74, 6) is 0.251. The van der Waals surface area contributed by atoms with Crippen LogP contribution in [0.2, 0.25) is 0 Å². The second-order valence-corrected chi connectivity index (χ2v) is 6.16. The van der Waals surface area contributed by atoms with Crippen molar-refractivity contribution in [2.45, 2.75) is 32.3 Å². The summed E-state index contributed by atoms with van der Waals surface area (Å²) in [5.41, 5.74) is 5.35. The van der Waals surface area contributed by atoms with Crippen LogP contribution in [0.1, 0.15) is 26.2 Å². The Bertz CT molecular complexity index is 284. The molecule has 0 atom stereocenters. The van der Waals surface area contributed by atoms with Crippen LogP contribution in [0.25, 0.3) is 0 Å². The van der Waals surface area contributed by atoms with E-state index in [0.29, 0.717) is 32.7 Å². The van der Waals surface area contributed by atoms with E-state index in [-0.39, 0.29) is 11.9 Å². The fraction of sp³-hybridized carbons (Fsp3) is 1.00. The molecular formula is C10H22N2O3S. The van der Waals surface area contributed by atoms with E-state index in [9.17, 15) is 8.42 Å². The minimum absolute atomic E-state index is 0.177. The van der Waals surface area contributed by atoms with Crippen LogP contribution in [-0.2, 0) is 14.8 Å². The Morgan fingerprint density at radius 2 is 2.00 bits per heavy atom. The Hall–Kier alpha value is -0.170. The van der Waals surface area contributed by atoms with Gasteiger partial charge in [-0.3, -0.25) is 0 Å². The normalized spacial score (nSPS) is 20.1. The molecule has 1 fully saturated rings. The predicted molar refractivity (Wildman–Crippen MR) is 63.7 cm³/mol. The van der Waals surface area contributed by atoms with E-state index >= 15 is 0 Å². The molecule has 6 heteroatoms. The third kappa shape index (κ3) is 4.01. The van der Waals surface area contributed by atoms with E-state index in [1.165, 1.54) is 0 Å². The summed E-state index contributed by atoms with van der Waals surface area (Å²) in [4.78, 5) is 0. The molecule has 96 valence electrons. The number of rotatable bonds is 6. The molecule has 0 aromatic rings. The lowest BCUT2D eigenvalue weighted by Crippen LogP contribution is -2.42. The zero-order valence-electron chi connectivity index (χ0n) is 9.89. The lowest BCUT2D eigenvalue weighted by molar-refractivity contribution is 0.0257. The van der Waals surface area contributed by atoms with Gasteiger partial charge >= 0.3 is 0 Å². The van der Waals surface area contributed by atoms with Crippen molar-refractivity contribution in [2.75, 3.05) is 32.0 Å². The summed E-state index contributed by atoms with van der Waals surface area (Å²) >= 11 is 0. The van der Waals surface area contributed by atoms with Crippen LogP contribution in [0.4, 0.5) is 0 Å². The molecule has 0 amide bonds. The highest BCUT2D eigenvalue weighted by Crippen LogP contribution is 2.17. The van der Waals surface area contributed by atoms with Gasteiger partial charge in [0.15, 0.2) is 0 Å². The van der Waals surface area contributed by atoms with E-state index in [0.717, 1.165) is 12.8 Å². The van der Waals surface area contributed by atoms with Gasteiger partial charge in [0.2, 0.25) is 10.0 Å². The molecule has 0 aromatic heterocycles. The van der Waals surface area contributed by atoms with Gasteiger partial charge in [0.25, 0.3) is 0 Å². The maximum atomic E-state index is 11.8. The highest BCUT2D eigenvalue weighted by atomic mass is 32.2. The fourth-order valence-corrected chi connectivity index (χ4v) is 3.44. The van der Waals surface area contributed by atoms with Crippen molar-refractivity contribution in [3.05, 3.63) is 0 Å². The average Bonchev–Trinajstić information content (AvgIpc) is 2.27. The second-order valence-electron chi connectivity index (χ2n) is 4.07. The zero-order valence-corrected chi connectivity index (χ0v) is 10.7. The van der Waals surface area contributed by atoms with E-state index in [1.807, 2.05) is 6.92 Å². The Morgan fingerprint density at radius 3 is 2.50 bits per heavy atom. The Kier molecular flexibility index (Phi) is 5.68. The molecule has 1 rings (SSSR count). The van der Waals surface area contributed by atoms with Crippen molar-refractivity contribution in [1.29, 1.82) is 0 Å². The lowest BCUT2D eigenvalue weighted by Gasteiger charge is -2.31. The highest BCUT2D eigenvalue weighted by molar-refractivity contribution is 7.89. The van der Waals surface area contributed by atoms with Crippen LogP contribution in [0.5, 0.6) is 0 Å². The number of ether oxygens (including phenoxy) is 1. The third-order valence-electron chi connectivity index (χ3n) is 2.73. The summed E-state index contributed by atoms with van der Waals surface area (Å²) in [6, 6.07) is 0. The van der Waals surface area contributed by atoms with Crippen LogP contribution < -0.4 is 5.73 Å².